The summed E-state index contributed by atoms with van der Waals surface area (Å²) >= 11 is 0. The number of amides is 1. The Morgan fingerprint density at radius 2 is 1.86 bits per heavy atom. The Bertz CT molecular complexity index is 492. The molecule has 1 saturated carbocycles. The minimum atomic E-state index is 0. The average Bonchev–Trinajstić information content (AvgIpc) is 3.14. The van der Waals surface area contributed by atoms with Crippen molar-refractivity contribution in [2.45, 2.75) is 39.0 Å². The molecule has 3 rings (SSSR count). The fourth-order valence-corrected chi connectivity index (χ4v) is 3.38. The summed E-state index contributed by atoms with van der Waals surface area (Å²) in [7, 11) is 0. The highest BCUT2D eigenvalue weighted by Gasteiger charge is 2.57. The molecule has 2 aliphatic rings. The third-order valence-electron chi connectivity index (χ3n) is 4.95. The van der Waals surface area contributed by atoms with Crippen LogP contribution in [-0.4, -0.2) is 19.0 Å². The maximum atomic E-state index is 12.3. The van der Waals surface area contributed by atoms with Crippen molar-refractivity contribution in [3.05, 3.63) is 29.8 Å². The number of nitrogens with one attached hydrogen (secondary N) is 2. The van der Waals surface area contributed by atoms with Crippen LogP contribution in [0.2, 0.25) is 0 Å². The molecule has 4 heteroatoms. The van der Waals surface area contributed by atoms with E-state index in [1.54, 1.807) is 0 Å². The summed E-state index contributed by atoms with van der Waals surface area (Å²) in [5.41, 5.74) is 2.55. The Hall–Kier alpha value is -1.06. The van der Waals surface area contributed by atoms with Gasteiger partial charge in [-0.15, -0.1) is 12.4 Å². The lowest BCUT2D eigenvalue weighted by Crippen LogP contribution is -2.31. The van der Waals surface area contributed by atoms with Gasteiger partial charge in [0, 0.05) is 11.6 Å². The molecule has 1 spiro atoms. The summed E-state index contributed by atoms with van der Waals surface area (Å²) < 4.78 is 0. The second kappa shape index (κ2) is 6.37. The van der Waals surface area contributed by atoms with Gasteiger partial charge in [0.15, 0.2) is 0 Å². The van der Waals surface area contributed by atoms with Crippen molar-refractivity contribution in [2.24, 2.45) is 11.3 Å². The maximum absolute atomic E-state index is 12.3. The van der Waals surface area contributed by atoms with E-state index >= 15 is 0 Å². The van der Waals surface area contributed by atoms with E-state index in [9.17, 15) is 4.79 Å². The molecule has 3 nitrogen and oxygen atoms in total. The van der Waals surface area contributed by atoms with Crippen molar-refractivity contribution in [3.8, 4) is 0 Å². The number of hydrogen-bond donors (Lipinski definition) is 2. The summed E-state index contributed by atoms with van der Waals surface area (Å²) in [4.78, 5) is 12.3. The summed E-state index contributed by atoms with van der Waals surface area (Å²) in [5, 5.41) is 6.46. The SMILES string of the molecule is CC(C)c1ccc(NC(=O)C2CC23CCNCC3)cc1.Cl. The van der Waals surface area contributed by atoms with Crippen LogP contribution >= 0.6 is 12.4 Å². The minimum Gasteiger partial charge on any atom is -0.326 e. The fraction of sp³-hybridized carbons (Fsp3) is 0.588. The third-order valence-corrected chi connectivity index (χ3v) is 4.95. The first-order valence-corrected chi connectivity index (χ1v) is 7.72. The Balaban J connectivity index is 0.00000161. The van der Waals surface area contributed by atoms with E-state index in [-0.39, 0.29) is 24.2 Å². The van der Waals surface area contributed by atoms with E-state index in [0.29, 0.717) is 11.3 Å². The highest BCUT2D eigenvalue weighted by Crippen LogP contribution is 2.58. The van der Waals surface area contributed by atoms with E-state index in [0.717, 1.165) is 38.0 Å². The molecule has 116 valence electrons. The zero-order valence-corrected chi connectivity index (χ0v) is 13.6. The monoisotopic (exact) mass is 308 g/mol. The van der Waals surface area contributed by atoms with E-state index in [2.05, 4.69) is 36.6 Å². The molecule has 1 amide bonds. The van der Waals surface area contributed by atoms with Crippen molar-refractivity contribution in [3.63, 3.8) is 0 Å². The smallest absolute Gasteiger partial charge is 0.228 e. The number of hydrogen-bond acceptors (Lipinski definition) is 2. The van der Waals surface area contributed by atoms with Crippen LogP contribution in [-0.2, 0) is 4.79 Å². The second-order valence-corrected chi connectivity index (χ2v) is 6.64. The number of anilines is 1. The number of piperidine rings is 1. The van der Waals surface area contributed by atoms with Gasteiger partial charge in [-0.1, -0.05) is 26.0 Å². The van der Waals surface area contributed by atoms with Gasteiger partial charge in [0.2, 0.25) is 5.91 Å². The average molecular weight is 309 g/mol. The van der Waals surface area contributed by atoms with E-state index in [4.69, 9.17) is 0 Å². The van der Waals surface area contributed by atoms with Crippen LogP contribution in [0.1, 0.15) is 44.6 Å². The van der Waals surface area contributed by atoms with Gasteiger partial charge < -0.3 is 10.6 Å². The van der Waals surface area contributed by atoms with Gasteiger partial charge in [0.1, 0.15) is 0 Å². The molecule has 1 atom stereocenters. The van der Waals surface area contributed by atoms with Crippen molar-refractivity contribution in [2.75, 3.05) is 18.4 Å². The van der Waals surface area contributed by atoms with Gasteiger partial charge in [-0.3, -0.25) is 4.79 Å². The number of carbonyl (C=O) groups is 1. The van der Waals surface area contributed by atoms with Crippen molar-refractivity contribution in [1.82, 2.24) is 5.32 Å². The molecular weight excluding hydrogens is 284 g/mol. The van der Waals surface area contributed by atoms with Crippen LogP contribution < -0.4 is 10.6 Å². The number of halogens is 1. The third kappa shape index (κ3) is 3.41. The second-order valence-electron chi connectivity index (χ2n) is 6.64. The molecule has 21 heavy (non-hydrogen) atoms. The molecule has 1 aromatic carbocycles. The summed E-state index contributed by atoms with van der Waals surface area (Å²) in [5.74, 6) is 0.972. The summed E-state index contributed by atoms with van der Waals surface area (Å²) in [6.07, 6.45) is 3.37. The maximum Gasteiger partial charge on any atom is 0.228 e. The lowest BCUT2D eigenvalue weighted by atomic mass is 9.92. The quantitative estimate of drug-likeness (QED) is 0.896. The number of benzene rings is 1. The number of carbonyl (C=O) groups excluding carboxylic acids is 1. The molecule has 1 aliphatic heterocycles. The molecule has 1 aliphatic carbocycles. The van der Waals surface area contributed by atoms with Crippen LogP contribution in [0.25, 0.3) is 0 Å². The highest BCUT2D eigenvalue weighted by molar-refractivity contribution is 5.95. The fourth-order valence-electron chi connectivity index (χ4n) is 3.38. The standard InChI is InChI=1S/C17H24N2O.ClH/c1-12(2)13-3-5-14(6-4-13)19-16(20)15-11-17(15)7-9-18-10-8-17;/h3-6,12,15,18H,7-11H2,1-2H3,(H,19,20);1H. The van der Waals surface area contributed by atoms with E-state index in [1.807, 2.05) is 12.1 Å². The van der Waals surface area contributed by atoms with Crippen LogP contribution in [0.4, 0.5) is 5.69 Å². The Kier molecular flexibility index (Phi) is 4.95. The first-order valence-electron chi connectivity index (χ1n) is 7.72. The topological polar surface area (TPSA) is 41.1 Å². The lowest BCUT2D eigenvalue weighted by molar-refractivity contribution is -0.118. The molecular formula is C17H25ClN2O. The van der Waals surface area contributed by atoms with Gasteiger partial charge >= 0.3 is 0 Å². The van der Waals surface area contributed by atoms with Crippen molar-refractivity contribution >= 4 is 24.0 Å². The van der Waals surface area contributed by atoms with E-state index in [1.165, 1.54) is 5.56 Å². The first kappa shape index (κ1) is 16.3. The Labute approximate surface area is 133 Å². The zero-order chi connectivity index (χ0) is 14.2. The lowest BCUT2D eigenvalue weighted by Gasteiger charge is -2.23. The summed E-state index contributed by atoms with van der Waals surface area (Å²) in [6.45, 7) is 6.48. The Morgan fingerprint density at radius 1 is 1.24 bits per heavy atom. The first-order chi connectivity index (χ1) is 9.61. The predicted molar refractivity (Wildman–Crippen MR) is 89.1 cm³/mol. The summed E-state index contributed by atoms with van der Waals surface area (Å²) in [6, 6.07) is 8.25. The number of rotatable bonds is 3. The Morgan fingerprint density at radius 3 is 2.43 bits per heavy atom. The molecule has 0 radical (unpaired) electrons. The molecule has 1 saturated heterocycles. The van der Waals surface area contributed by atoms with Gasteiger partial charge in [-0.25, -0.2) is 0 Å². The van der Waals surface area contributed by atoms with Crippen molar-refractivity contribution in [1.29, 1.82) is 0 Å². The van der Waals surface area contributed by atoms with Crippen LogP contribution in [0.5, 0.6) is 0 Å². The van der Waals surface area contributed by atoms with E-state index < -0.39 is 0 Å². The molecule has 0 aromatic heterocycles. The largest absolute Gasteiger partial charge is 0.326 e. The highest BCUT2D eigenvalue weighted by atomic mass is 35.5. The molecule has 0 bridgehead atoms. The van der Waals surface area contributed by atoms with Crippen LogP contribution in [0.15, 0.2) is 24.3 Å². The van der Waals surface area contributed by atoms with Gasteiger partial charge in [0.05, 0.1) is 0 Å². The van der Waals surface area contributed by atoms with Gasteiger partial charge in [0.25, 0.3) is 0 Å². The molecule has 1 unspecified atom stereocenters. The molecule has 1 heterocycles. The molecule has 2 fully saturated rings. The normalized spacial score (nSPS) is 22.7. The van der Waals surface area contributed by atoms with Gasteiger partial charge in [-0.05, 0) is 61.4 Å². The minimum absolute atomic E-state index is 0. The molecule has 1 aromatic rings. The molecule has 2 N–H and O–H groups in total. The van der Waals surface area contributed by atoms with Gasteiger partial charge in [-0.2, -0.15) is 0 Å². The van der Waals surface area contributed by atoms with Crippen LogP contribution in [0.3, 0.4) is 0 Å². The zero-order valence-electron chi connectivity index (χ0n) is 12.8. The van der Waals surface area contributed by atoms with Crippen molar-refractivity contribution < 1.29 is 4.79 Å². The predicted octanol–water partition coefficient (Wildman–Crippen LogP) is 3.56. The van der Waals surface area contributed by atoms with Crippen LogP contribution in [0, 0.1) is 11.3 Å².